The molecule has 0 amide bonds. The quantitative estimate of drug-likeness (QED) is 0.885. The van der Waals surface area contributed by atoms with E-state index in [1.807, 2.05) is 6.20 Å². The van der Waals surface area contributed by atoms with Crippen LogP contribution in [0.15, 0.2) is 18.3 Å². The van der Waals surface area contributed by atoms with E-state index >= 15 is 0 Å². The Bertz CT molecular complexity index is 521. The number of aromatic nitrogens is 1. The Morgan fingerprint density at radius 1 is 1.41 bits per heavy atom. The van der Waals surface area contributed by atoms with Crippen LogP contribution in [-0.4, -0.2) is 30.0 Å². The zero-order valence-electron chi connectivity index (χ0n) is 10.1. The van der Waals surface area contributed by atoms with Crippen LogP contribution in [0.5, 0.6) is 0 Å². The molecule has 0 saturated carbocycles. The number of hydrogen-bond acceptors (Lipinski definition) is 1. The van der Waals surface area contributed by atoms with Crippen LogP contribution in [-0.2, 0) is 6.42 Å². The molecule has 0 radical (unpaired) electrons. The molecule has 1 aromatic heterocycles. The average Bonchev–Trinajstić information content (AvgIpc) is 2.69. The highest BCUT2D eigenvalue weighted by atomic mass is 35.5. The summed E-state index contributed by atoms with van der Waals surface area (Å²) < 4.78 is 13.3. The molecule has 2 aromatic rings. The van der Waals surface area contributed by atoms with Gasteiger partial charge in [-0.2, -0.15) is 0 Å². The average molecular weight is 255 g/mol. The van der Waals surface area contributed by atoms with Crippen molar-refractivity contribution in [2.24, 2.45) is 0 Å². The predicted molar refractivity (Wildman–Crippen MR) is 70.1 cm³/mol. The van der Waals surface area contributed by atoms with E-state index in [1.165, 1.54) is 11.6 Å². The summed E-state index contributed by atoms with van der Waals surface area (Å²) in [5, 5.41) is 1.20. The van der Waals surface area contributed by atoms with E-state index in [0.29, 0.717) is 0 Å². The number of fused-ring (bicyclic) bond motifs is 1. The summed E-state index contributed by atoms with van der Waals surface area (Å²) in [4.78, 5) is 5.32. The third-order valence-corrected chi connectivity index (χ3v) is 3.40. The molecule has 2 rings (SSSR count). The van der Waals surface area contributed by atoms with E-state index < -0.39 is 0 Å². The number of benzene rings is 1. The van der Waals surface area contributed by atoms with Gasteiger partial charge in [-0.25, -0.2) is 4.39 Å². The second-order valence-electron chi connectivity index (χ2n) is 4.27. The van der Waals surface area contributed by atoms with E-state index in [4.69, 9.17) is 11.6 Å². The summed E-state index contributed by atoms with van der Waals surface area (Å²) in [5.41, 5.74) is 1.99. The minimum absolute atomic E-state index is 0.183. The van der Waals surface area contributed by atoms with Crippen molar-refractivity contribution in [3.63, 3.8) is 0 Å². The van der Waals surface area contributed by atoms with E-state index in [0.717, 1.165) is 30.4 Å². The summed E-state index contributed by atoms with van der Waals surface area (Å²) in [6, 6.07) is 3.15. The first kappa shape index (κ1) is 12.4. The van der Waals surface area contributed by atoms with Gasteiger partial charge in [-0.1, -0.05) is 18.5 Å². The second kappa shape index (κ2) is 5.07. The molecule has 0 spiro atoms. The molecule has 0 unspecified atom stereocenters. The topological polar surface area (TPSA) is 19.0 Å². The normalized spacial score (nSPS) is 11.6. The molecule has 2 nitrogen and oxygen atoms in total. The van der Waals surface area contributed by atoms with Crippen LogP contribution in [0.4, 0.5) is 4.39 Å². The summed E-state index contributed by atoms with van der Waals surface area (Å²) in [5.74, 6) is -0.377. The lowest BCUT2D eigenvalue weighted by Gasteiger charge is -2.12. The lowest BCUT2D eigenvalue weighted by Crippen LogP contribution is -2.20. The van der Waals surface area contributed by atoms with Crippen LogP contribution >= 0.6 is 11.6 Å². The summed E-state index contributed by atoms with van der Waals surface area (Å²) in [6.45, 7) is 4.14. The number of nitrogens with zero attached hydrogens (tertiary/aromatic N) is 1. The lowest BCUT2D eigenvalue weighted by atomic mass is 10.1. The summed E-state index contributed by atoms with van der Waals surface area (Å²) >= 11 is 5.81. The number of halogens is 2. The molecular formula is C13H16ClFN2. The van der Waals surface area contributed by atoms with Crippen molar-refractivity contribution in [1.29, 1.82) is 0 Å². The minimum atomic E-state index is -0.377. The van der Waals surface area contributed by atoms with Gasteiger partial charge in [0.05, 0.1) is 5.02 Å². The number of aromatic amines is 1. The maximum Gasteiger partial charge on any atom is 0.143 e. The van der Waals surface area contributed by atoms with Gasteiger partial charge in [0.2, 0.25) is 0 Å². The van der Waals surface area contributed by atoms with Crippen LogP contribution in [0, 0.1) is 5.82 Å². The molecule has 0 aliphatic heterocycles. The van der Waals surface area contributed by atoms with E-state index in [2.05, 4.69) is 23.9 Å². The highest BCUT2D eigenvalue weighted by molar-refractivity contribution is 6.31. The van der Waals surface area contributed by atoms with Crippen molar-refractivity contribution in [3.8, 4) is 0 Å². The largest absolute Gasteiger partial charge is 0.361 e. The first-order valence-corrected chi connectivity index (χ1v) is 6.13. The number of rotatable bonds is 4. The Hall–Kier alpha value is -1.06. The fraction of sp³-hybridized carbons (Fsp3) is 0.385. The maximum atomic E-state index is 13.3. The molecule has 0 fully saturated rings. The third kappa shape index (κ3) is 2.61. The molecule has 92 valence electrons. The molecule has 4 heteroatoms. The van der Waals surface area contributed by atoms with Crippen LogP contribution in [0.2, 0.25) is 5.02 Å². The SMILES string of the molecule is CCN(C)CCc1c[nH]c2cc(F)c(Cl)cc12. The number of hydrogen-bond donors (Lipinski definition) is 1. The Labute approximate surface area is 105 Å². The van der Waals surface area contributed by atoms with Crippen LogP contribution < -0.4 is 0 Å². The predicted octanol–water partition coefficient (Wildman–Crippen LogP) is 3.45. The van der Waals surface area contributed by atoms with Gasteiger partial charge in [0.15, 0.2) is 0 Å². The molecule has 1 heterocycles. The molecule has 0 aliphatic rings. The van der Waals surface area contributed by atoms with Gasteiger partial charge in [0, 0.05) is 23.6 Å². The fourth-order valence-electron chi connectivity index (χ4n) is 1.85. The first-order chi connectivity index (χ1) is 8.11. The maximum absolute atomic E-state index is 13.3. The zero-order valence-corrected chi connectivity index (χ0v) is 10.8. The number of H-pyrrole nitrogens is 1. The summed E-state index contributed by atoms with van der Waals surface area (Å²) in [7, 11) is 2.08. The van der Waals surface area contributed by atoms with Crippen molar-refractivity contribution in [1.82, 2.24) is 9.88 Å². The van der Waals surface area contributed by atoms with Gasteiger partial charge >= 0.3 is 0 Å². The highest BCUT2D eigenvalue weighted by Crippen LogP contribution is 2.25. The second-order valence-corrected chi connectivity index (χ2v) is 4.68. The van der Waals surface area contributed by atoms with Crippen LogP contribution in [0.25, 0.3) is 10.9 Å². The Morgan fingerprint density at radius 3 is 2.88 bits per heavy atom. The molecule has 0 bridgehead atoms. The molecule has 0 saturated heterocycles. The van der Waals surface area contributed by atoms with Crippen molar-refractivity contribution in [2.45, 2.75) is 13.3 Å². The van der Waals surface area contributed by atoms with Crippen molar-refractivity contribution in [3.05, 3.63) is 34.7 Å². The van der Waals surface area contributed by atoms with Gasteiger partial charge in [0.25, 0.3) is 0 Å². The van der Waals surface area contributed by atoms with Crippen LogP contribution in [0.1, 0.15) is 12.5 Å². The van der Waals surface area contributed by atoms with Gasteiger partial charge in [-0.05, 0) is 37.7 Å². The van der Waals surface area contributed by atoms with E-state index in [1.54, 1.807) is 6.07 Å². The number of likely N-dealkylation sites (N-methyl/N-ethyl adjacent to an activating group) is 1. The smallest absolute Gasteiger partial charge is 0.143 e. The van der Waals surface area contributed by atoms with Crippen molar-refractivity contribution < 1.29 is 4.39 Å². The monoisotopic (exact) mass is 254 g/mol. The standard InChI is InChI=1S/C13H16ClFN2/c1-3-17(2)5-4-9-8-16-13-7-12(15)11(14)6-10(9)13/h6-8,16H,3-5H2,1-2H3. The summed E-state index contributed by atoms with van der Waals surface area (Å²) in [6.07, 6.45) is 2.87. The molecule has 0 atom stereocenters. The lowest BCUT2D eigenvalue weighted by molar-refractivity contribution is 0.358. The molecular weight excluding hydrogens is 239 g/mol. The highest BCUT2D eigenvalue weighted by Gasteiger charge is 2.08. The Balaban J connectivity index is 2.26. The molecule has 1 N–H and O–H groups in total. The Morgan fingerprint density at radius 2 is 2.18 bits per heavy atom. The van der Waals surface area contributed by atoms with Gasteiger partial charge in [-0.3, -0.25) is 0 Å². The third-order valence-electron chi connectivity index (χ3n) is 3.11. The zero-order chi connectivity index (χ0) is 12.4. The molecule has 1 aromatic carbocycles. The van der Waals surface area contributed by atoms with E-state index in [-0.39, 0.29) is 10.8 Å². The fourth-order valence-corrected chi connectivity index (χ4v) is 2.01. The minimum Gasteiger partial charge on any atom is -0.361 e. The van der Waals surface area contributed by atoms with Crippen molar-refractivity contribution >= 4 is 22.5 Å². The number of nitrogens with one attached hydrogen (secondary N) is 1. The van der Waals surface area contributed by atoms with Gasteiger partial charge < -0.3 is 9.88 Å². The first-order valence-electron chi connectivity index (χ1n) is 5.75. The van der Waals surface area contributed by atoms with Crippen LogP contribution in [0.3, 0.4) is 0 Å². The van der Waals surface area contributed by atoms with E-state index in [9.17, 15) is 4.39 Å². The van der Waals surface area contributed by atoms with Gasteiger partial charge in [-0.15, -0.1) is 0 Å². The molecule has 0 aliphatic carbocycles. The van der Waals surface area contributed by atoms with Gasteiger partial charge in [0.1, 0.15) is 5.82 Å². The van der Waals surface area contributed by atoms with Crippen molar-refractivity contribution in [2.75, 3.05) is 20.1 Å². The molecule has 17 heavy (non-hydrogen) atoms. The Kier molecular flexibility index (Phi) is 3.69.